The van der Waals surface area contributed by atoms with Crippen LogP contribution < -0.4 is 5.32 Å². The van der Waals surface area contributed by atoms with Crippen LogP contribution in [0, 0.1) is 0 Å². The quantitative estimate of drug-likeness (QED) is 0.590. The maximum atomic E-state index is 11.4. The van der Waals surface area contributed by atoms with Crippen LogP contribution in [0.25, 0.3) is 6.08 Å². The Hall–Kier alpha value is -2.79. The van der Waals surface area contributed by atoms with Crippen LogP contribution in [0.2, 0.25) is 0 Å². The van der Waals surface area contributed by atoms with Crippen LogP contribution in [0.15, 0.2) is 49.0 Å². The molecule has 0 amide bonds. The van der Waals surface area contributed by atoms with E-state index in [0.717, 1.165) is 11.1 Å². The summed E-state index contributed by atoms with van der Waals surface area (Å²) in [5.41, 5.74) is 2.60. The highest BCUT2D eigenvalue weighted by molar-refractivity contribution is 5.74. The van der Waals surface area contributed by atoms with Crippen molar-refractivity contribution >= 4 is 12.0 Å². The van der Waals surface area contributed by atoms with Gasteiger partial charge in [-0.05, 0) is 35.2 Å². The molecule has 1 atom stereocenters. The third-order valence-corrected chi connectivity index (χ3v) is 3.55. The van der Waals surface area contributed by atoms with Crippen LogP contribution in [0.4, 0.5) is 0 Å². The molecule has 0 fully saturated rings. The second-order valence-electron chi connectivity index (χ2n) is 5.24. The van der Waals surface area contributed by atoms with Gasteiger partial charge in [-0.2, -0.15) is 0 Å². The number of benzene rings is 2. The van der Waals surface area contributed by atoms with Gasteiger partial charge in [-0.15, -0.1) is 0 Å². The number of aromatic hydroxyl groups is 2. The lowest BCUT2D eigenvalue weighted by Crippen LogP contribution is -2.38. The first-order valence-electron chi connectivity index (χ1n) is 7.18. The van der Waals surface area contributed by atoms with Crippen molar-refractivity contribution in [2.24, 2.45) is 0 Å². The molecule has 2 aromatic rings. The molecule has 0 spiro atoms. The third-order valence-electron chi connectivity index (χ3n) is 3.55. The predicted octanol–water partition coefficient (Wildman–Crippen LogP) is 2.53. The van der Waals surface area contributed by atoms with Gasteiger partial charge in [0.2, 0.25) is 0 Å². The van der Waals surface area contributed by atoms with Crippen molar-refractivity contribution in [3.05, 3.63) is 65.7 Å². The lowest BCUT2D eigenvalue weighted by Gasteiger charge is -2.15. The van der Waals surface area contributed by atoms with Gasteiger partial charge in [0, 0.05) is 6.54 Å². The van der Waals surface area contributed by atoms with Crippen LogP contribution >= 0.6 is 0 Å². The normalized spacial score (nSPS) is 11.8. The molecule has 0 aliphatic rings. The summed E-state index contributed by atoms with van der Waals surface area (Å²) in [5, 5.41) is 31.1. The number of carboxylic acid groups (broad SMARTS) is 1. The van der Waals surface area contributed by atoms with Crippen LogP contribution in [-0.4, -0.2) is 27.3 Å². The fourth-order valence-corrected chi connectivity index (χ4v) is 2.19. The highest BCUT2D eigenvalue weighted by Crippen LogP contribution is 2.25. The zero-order chi connectivity index (χ0) is 16.8. The van der Waals surface area contributed by atoms with E-state index in [0.29, 0.717) is 12.1 Å². The van der Waals surface area contributed by atoms with Crippen LogP contribution in [0.3, 0.4) is 0 Å². The van der Waals surface area contributed by atoms with E-state index in [1.807, 2.05) is 24.3 Å². The van der Waals surface area contributed by atoms with Crippen LogP contribution in [0.1, 0.15) is 16.7 Å². The van der Waals surface area contributed by atoms with Crippen molar-refractivity contribution in [2.75, 3.05) is 0 Å². The monoisotopic (exact) mass is 313 g/mol. The molecule has 0 aromatic heterocycles. The number of carboxylic acids is 1. The van der Waals surface area contributed by atoms with E-state index < -0.39 is 12.0 Å². The molecule has 5 nitrogen and oxygen atoms in total. The maximum Gasteiger partial charge on any atom is 0.321 e. The molecule has 2 rings (SSSR count). The van der Waals surface area contributed by atoms with Gasteiger partial charge >= 0.3 is 5.97 Å². The van der Waals surface area contributed by atoms with E-state index in [1.165, 1.54) is 12.1 Å². The molecule has 120 valence electrons. The summed E-state index contributed by atoms with van der Waals surface area (Å²) in [6, 6.07) is 11.2. The van der Waals surface area contributed by atoms with Gasteiger partial charge in [0.05, 0.1) is 0 Å². The molecular weight excluding hydrogens is 294 g/mol. The van der Waals surface area contributed by atoms with Crippen molar-refractivity contribution in [3.63, 3.8) is 0 Å². The number of phenolic OH excluding ortho intramolecular Hbond substituents is 2. The minimum Gasteiger partial charge on any atom is -0.504 e. The number of hydrogen-bond donors (Lipinski definition) is 4. The van der Waals surface area contributed by atoms with E-state index in [-0.39, 0.29) is 17.9 Å². The van der Waals surface area contributed by atoms with E-state index in [1.54, 1.807) is 12.1 Å². The Labute approximate surface area is 134 Å². The molecule has 0 bridgehead atoms. The van der Waals surface area contributed by atoms with Crippen molar-refractivity contribution in [1.82, 2.24) is 5.32 Å². The topological polar surface area (TPSA) is 89.8 Å². The Bertz CT molecular complexity index is 695. The molecule has 0 aliphatic heterocycles. The third kappa shape index (κ3) is 4.59. The van der Waals surface area contributed by atoms with Gasteiger partial charge in [0.1, 0.15) is 6.04 Å². The van der Waals surface area contributed by atoms with Gasteiger partial charge in [-0.25, -0.2) is 0 Å². The number of hydrogen-bond acceptors (Lipinski definition) is 4. The number of aliphatic carboxylic acids is 1. The minimum absolute atomic E-state index is 0.202. The second kappa shape index (κ2) is 7.47. The molecule has 4 N–H and O–H groups in total. The van der Waals surface area contributed by atoms with E-state index >= 15 is 0 Å². The number of phenols is 2. The summed E-state index contributed by atoms with van der Waals surface area (Å²) < 4.78 is 0. The highest BCUT2D eigenvalue weighted by Gasteiger charge is 2.18. The largest absolute Gasteiger partial charge is 0.504 e. The summed E-state index contributed by atoms with van der Waals surface area (Å²) in [6.45, 7) is 4.10. The van der Waals surface area contributed by atoms with Gasteiger partial charge in [0.15, 0.2) is 11.5 Å². The molecule has 23 heavy (non-hydrogen) atoms. The van der Waals surface area contributed by atoms with Crippen molar-refractivity contribution < 1.29 is 20.1 Å². The van der Waals surface area contributed by atoms with Gasteiger partial charge in [-0.1, -0.05) is 43.0 Å². The number of nitrogens with one attached hydrogen (secondary N) is 1. The molecule has 0 saturated heterocycles. The SMILES string of the molecule is C=Cc1ccc(CN[C@@H](Cc2ccc(O)c(O)c2)C(=O)O)cc1. The molecule has 0 aliphatic carbocycles. The summed E-state index contributed by atoms with van der Waals surface area (Å²) in [6.07, 6.45) is 1.95. The number of rotatable bonds is 7. The first-order valence-corrected chi connectivity index (χ1v) is 7.18. The smallest absolute Gasteiger partial charge is 0.321 e. The average Bonchev–Trinajstić information content (AvgIpc) is 2.55. The summed E-state index contributed by atoms with van der Waals surface area (Å²) in [5.74, 6) is -1.46. The molecular formula is C18H19NO4. The fraction of sp³-hybridized carbons (Fsp3) is 0.167. The van der Waals surface area contributed by atoms with Gasteiger partial charge in [0.25, 0.3) is 0 Å². The molecule has 0 saturated carbocycles. The lowest BCUT2D eigenvalue weighted by molar-refractivity contribution is -0.139. The molecule has 0 radical (unpaired) electrons. The zero-order valence-corrected chi connectivity index (χ0v) is 12.6. The van der Waals surface area contributed by atoms with Gasteiger partial charge in [-0.3, -0.25) is 4.79 Å². The van der Waals surface area contributed by atoms with E-state index in [2.05, 4.69) is 11.9 Å². The summed E-state index contributed by atoms with van der Waals surface area (Å²) >= 11 is 0. The Balaban J connectivity index is 2.01. The highest BCUT2D eigenvalue weighted by atomic mass is 16.4. The standard InChI is InChI=1S/C18H19NO4/c1-2-12-3-5-13(6-4-12)11-19-15(18(22)23)9-14-7-8-16(20)17(21)10-14/h2-8,10,15,19-21H,1,9,11H2,(H,22,23)/t15-/m0/s1. The minimum atomic E-state index is -0.972. The lowest BCUT2D eigenvalue weighted by atomic mass is 10.0. The maximum absolute atomic E-state index is 11.4. The van der Waals surface area contributed by atoms with Crippen molar-refractivity contribution in [1.29, 1.82) is 0 Å². The Morgan fingerprint density at radius 3 is 2.30 bits per heavy atom. The number of carbonyl (C=O) groups is 1. The van der Waals surface area contributed by atoms with Crippen molar-refractivity contribution in [3.8, 4) is 11.5 Å². The van der Waals surface area contributed by atoms with E-state index in [9.17, 15) is 20.1 Å². The van der Waals surface area contributed by atoms with E-state index in [4.69, 9.17) is 0 Å². The fourth-order valence-electron chi connectivity index (χ4n) is 2.19. The first-order chi connectivity index (χ1) is 11.0. The van der Waals surface area contributed by atoms with Crippen LogP contribution in [0.5, 0.6) is 11.5 Å². The molecule has 2 aromatic carbocycles. The molecule has 0 unspecified atom stereocenters. The Kier molecular flexibility index (Phi) is 5.38. The summed E-state index contributed by atoms with van der Waals surface area (Å²) in [4.78, 5) is 11.4. The second-order valence-corrected chi connectivity index (χ2v) is 5.24. The van der Waals surface area contributed by atoms with Crippen molar-refractivity contribution in [2.45, 2.75) is 19.0 Å². The van der Waals surface area contributed by atoms with Crippen LogP contribution in [-0.2, 0) is 17.8 Å². The van der Waals surface area contributed by atoms with Gasteiger partial charge < -0.3 is 20.6 Å². The first kappa shape index (κ1) is 16.6. The molecule has 0 heterocycles. The zero-order valence-electron chi connectivity index (χ0n) is 12.6. The molecule has 5 heteroatoms. The predicted molar refractivity (Wildman–Crippen MR) is 88.3 cm³/mol. The Morgan fingerprint density at radius 1 is 1.09 bits per heavy atom. The Morgan fingerprint density at radius 2 is 1.74 bits per heavy atom. The summed E-state index contributed by atoms with van der Waals surface area (Å²) in [7, 11) is 0. The average molecular weight is 313 g/mol.